The van der Waals surface area contributed by atoms with Gasteiger partial charge in [-0.15, -0.1) is 0 Å². The molecule has 0 amide bonds. The van der Waals surface area contributed by atoms with E-state index in [4.69, 9.17) is 4.98 Å². The number of rotatable bonds is 5. The quantitative estimate of drug-likeness (QED) is 0.491. The highest BCUT2D eigenvalue weighted by atomic mass is 32.2. The number of aryl methyl sites for hydroxylation is 1. The highest BCUT2D eigenvalue weighted by Gasteiger charge is 2.26. The maximum atomic E-state index is 12.8. The first-order valence-electron chi connectivity index (χ1n) is 9.69. The fraction of sp³-hybridized carbons (Fsp3) is 0.318. The zero-order chi connectivity index (χ0) is 21.7. The van der Waals surface area contributed by atoms with Crippen molar-refractivity contribution in [2.24, 2.45) is 5.41 Å². The Morgan fingerprint density at radius 3 is 2.63 bits per heavy atom. The lowest BCUT2D eigenvalue weighted by molar-refractivity contribution is 0.0860. The van der Waals surface area contributed by atoms with E-state index >= 15 is 0 Å². The van der Waals surface area contributed by atoms with E-state index < -0.39 is 15.3 Å². The minimum Gasteiger partial charge on any atom is -0.346 e. The van der Waals surface area contributed by atoms with Crippen LogP contribution in [0.1, 0.15) is 31.1 Å². The number of para-hydroxylation sites is 1. The largest absolute Gasteiger partial charge is 0.346 e. The van der Waals surface area contributed by atoms with Crippen molar-refractivity contribution in [2.45, 2.75) is 27.3 Å². The Labute approximate surface area is 175 Å². The molecule has 0 aliphatic carbocycles. The Morgan fingerprint density at radius 1 is 1.20 bits per heavy atom. The predicted molar refractivity (Wildman–Crippen MR) is 118 cm³/mol. The smallest absolute Gasteiger partial charge is 0.171 e. The van der Waals surface area contributed by atoms with Crippen LogP contribution in [0.2, 0.25) is 0 Å². The molecule has 30 heavy (non-hydrogen) atoms. The van der Waals surface area contributed by atoms with Crippen LogP contribution in [0, 0.1) is 5.41 Å². The molecule has 3 heterocycles. The van der Waals surface area contributed by atoms with E-state index in [-0.39, 0.29) is 11.5 Å². The fourth-order valence-electron chi connectivity index (χ4n) is 3.50. The summed E-state index contributed by atoms with van der Waals surface area (Å²) in [4.78, 5) is 25.1. The van der Waals surface area contributed by atoms with Crippen LogP contribution in [-0.4, -0.2) is 45.7 Å². The molecule has 156 valence electrons. The molecule has 4 rings (SSSR count). The average Bonchev–Trinajstić information content (AvgIpc) is 3.25. The molecule has 4 aromatic rings. The highest BCUT2D eigenvalue weighted by Crippen LogP contribution is 2.31. The van der Waals surface area contributed by atoms with Gasteiger partial charge in [-0.25, -0.2) is 18.4 Å². The Morgan fingerprint density at radius 2 is 1.93 bits per heavy atom. The second-order valence-electron chi connectivity index (χ2n) is 8.62. The lowest BCUT2D eigenvalue weighted by atomic mass is 9.87. The first-order valence-corrected chi connectivity index (χ1v) is 11.8. The minimum absolute atomic E-state index is 0.00391. The number of ketones is 1. The molecule has 0 fully saturated rings. The molecule has 1 aromatic carbocycles. The zero-order valence-corrected chi connectivity index (χ0v) is 18.2. The Balaban J connectivity index is 1.85. The van der Waals surface area contributed by atoms with E-state index in [0.29, 0.717) is 29.0 Å². The van der Waals surface area contributed by atoms with Gasteiger partial charge in [0, 0.05) is 47.1 Å². The first-order chi connectivity index (χ1) is 14.0. The van der Waals surface area contributed by atoms with Gasteiger partial charge in [-0.2, -0.15) is 0 Å². The molecule has 1 N–H and O–H groups in total. The summed E-state index contributed by atoms with van der Waals surface area (Å²) in [6, 6.07) is 7.79. The van der Waals surface area contributed by atoms with Gasteiger partial charge in [0.25, 0.3) is 0 Å². The van der Waals surface area contributed by atoms with Gasteiger partial charge in [0.15, 0.2) is 11.4 Å². The number of fused-ring (bicyclic) bond motifs is 2. The number of carbonyl (C=O) groups is 1. The van der Waals surface area contributed by atoms with Crippen LogP contribution >= 0.6 is 0 Å². The number of hydrogen-bond donors (Lipinski definition) is 1. The van der Waals surface area contributed by atoms with Gasteiger partial charge in [-0.3, -0.25) is 4.79 Å². The van der Waals surface area contributed by atoms with Crippen LogP contribution in [0.25, 0.3) is 33.3 Å². The van der Waals surface area contributed by atoms with Crippen LogP contribution in [0.4, 0.5) is 0 Å². The molecule has 0 saturated carbocycles. The molecule has 0 bridgehead atoms. The van der Waals surface area contributed by atoms with Gasteiger partial charge in [-0.1, -0.05) is 39.0 Å². The highest BCUT2D eigenvalue weighted by molar-refractivity contribution is 7.90. The number of sulfone groups is 1. The maximum absolute atomic E-state index is 12.8. The Hall–Kier alpha value is -3.00. The third-order valence-corrected chi connectivity index (χ3v) is 6.00. The van der Waals surface area contributed by atoms with E-state index in [1.165, 1.54) is 6.26 Å². The molecule has 0 aliphatic rings. The molecule has 0 atom stereocenters. The second kappa shape index (κ2) is 7.05. The van der Waals surface area contributed by atoms with Crippen molar-refractivity contribution in [1.29, 1.82) is 0 Å². The van der Waals surface area contributed by atoms with Gasteiger partial charge >= 0.3 is 0 Å². The first kappa shape index (κ1) is 20.3. The van der Waals surface area contributed by atoms with Crippen molar-refractivity contribution in [3.8, 4) is 11.3 Å². The topological polar surface area (TPSA) is 97.7 Å². The molecule has 0 saturated heterocycles. The number of nitrogens with one attached hydrogen (secondary N) is 1. The number of H-pyrrole nitrogens is 1. The predicted octanol–water partition coefficient (Wildman–Crippen LogP) is 3.85. The van der Waals surface area contributed by atoms with E-state index in [1.54, 1.807) is 12.4 Å². The summed E-state index contributed by atoms with van der Waals surface area (Å²) in [5, 5.41) is 0.957. The number of Topliss-reactive ketones (excluding diaryl/α,β-unsaturated/α-hetero) is 1. The molecular weight excluding hydrogens is 400 g/mol. The molecule has 0 aliphatic heterocycles. The number of aromatic nitrogens is 4. The Kier molecular flexibility index (Phi) is 4.77. The van der Waals surface area contributed by atoms with Gasteiger partial charge in [0.1, 0.15) is 15.4 Å². The lowest BCUT2D eigenvalue weighted by Gasteiger charge is -2.15. The Bertz CT molecular complexity index is 1370. The summed E-state index contributed by atoms with van der Waals surface area (Å²) in [7, 11) is -3.09. The summed E-state index contributed by atoms with van der Waals surface area (Å²) in [6.07, 6.45) is 6.48. The SMILES string of the molecule is CC(C)(C)C(=O)c1c[nH]c2ncc(-c3cn(CCS(C)(=O)=O)c4ccccc34)nc12. The maximum Gasteiger partial charge on any atom is 0.171 e. The van der Waals surface area contributed by atoms with Crippen LogP contribution < -0.4 is 0 Å². The number of benzene rings is 1. The normalized spacial score (nSPS) is 12.7. The van der Waals surface area contributed by atoms with Crippen molar-refractivity contribution in [2.75, 3.05) is 12.0 Å². The number of carbonyl (C=O) groups excluding carboxylic acids is 1. The minimum atomic E-state index is -3.09. The second-order valence-corrected chi connectivity index (χ2v) is 10.9. The van der Waals surface area contributed by atoms with E-state index in [0.717, 1.165) is 16.5 Å². The van der Waals surface area contributed by atoms with Crippen LogP contribution in [0.3, 0.4) is 0 Å². The van der Waals surface area contributed by atoms with E-state index in [2.05, 4.69) is 9.97 Å². The van der Waals surface area contributed by atoms with Gasteiger partial charge < -0.3 is 9.55 Å². The van der Waals surface area contributed by atoms with Gasteiger partial charge in [0.05, 0.1) is 23.2 Å². The molecule has 3 aromatic heterocycles. The van der Waals surface area contributed by atoms with Crippen molar-refractivity contribution in [3.63, 3.8) is 0 Å². The third-order valence-electron chi connectivity index (χ3n) is 5.07. The monoisotopic (exact) mass is 424 g/mol. The zero-order valence-electron chi connectivity index (χ0n) is 17.4. The number of aromatic amines is 1. The van der Waals surface area contributed by atoms with Crippen LogP contribution in [0.15, 0.2) is 42.9 Å². The fourth-order valence-corrected chi connectivity index (χ4v) is 4.03. The van der Waals surface area contributed by atoms with Crippen molar-refractivity contribution in [3.05, 3.63) is 48.4 Å². The molecule has 7 nitrogen and oxygen atoms in total. The molecule has 0 radical (unpaired) electrons. The van der Waals surface area contributed by atoms with Crippen molar-refractivity contribution >= 4 is 37.7 Å². The summed E-state index contributed by atoms with van der Waals surface area (Å²) in [6.45, 7) is 5.98. The van der Waals surface area contributed by atoms with Crippen molar-refractivity contribution < 1.29 is 13.2 Å². The number of hydrogen-bond acceptors (Lipinski definition) is 5. The average molecular weight is 425 g/mol. The standard InChI is InChI=1S/C22H24N4O3S/c1-22(2,3)20(27)15-11-23-21-19(15)25-17(12-24-21)16-13-26(9-10-30(4,28)29)18-8-6-5-7-14(16)18/h5-8,11-13H,9-10H2,1-4H3,(H,23,24). The van der Waals surface area contributed by atoms with Gasteiger partial charge in [-0.05, 0) is 6.07 Å². The summed E-state index contributed by atoms with van der Waals surface area (Å²) in [5.74, 6) is 0.0495. The summed E-state index contributed by atoms with van der Waals surface area (Å²) >= 11 is 0. The van der Waals surface area contributed by atoms with Crippen LogP contribution in [0.5, 0.6) is 0 Å². The number of nitrogens with zero attached hydrogens (tertiary/aromatic N) is 3. The molecule has 0 spiro atoms. The van der Waals surface area contributed by atoms with E-state index in [9.17, 15) is 13.2 Å². The molecule has 8 heteroatoms. The van der Waals surface area contributed by atoms with Gasteiger partial charge in [0.2, 0.25) is 0 Å². The van der Waals surface area contributed by atoms with Crippen LogP contribution in [-0.2, 0) is 16.4 Å². The lowest BCUT2D eigenvalue weighted by Crippen LogP contribution is -2.20. The van der Waals surface area contributed by atoms with E-state index in [1.807, 2.05) is 55.8 Å². The summed E-state index contributed by atoms with van der Waals surface area (Å²) < 4.78 is 25.2. The van der Waals surface area contributed by atoms with Crippen molar-refractivity contribution in [1.82, 2.24) is 19.5 Å². The third kappa shape index (κ3) is 3.75. The summed E-state index contributed by atoms with van der Waals surface area (Å²) in [5.41, 5.74) is 3.51. The molecular formula is C22H24N4O3S. The molecule has 0 unspecified atom stereocenters.